The maximum absolute atomic E-state index is 12.6. The lowest BCUT2D eigenvalue weighted by Gasteiger charge is -2.38. The van der Waals surface area contributed by atoms with E-state index in [0.717, 1.165) is 4.90 Å². The van der Waals surface area contributed by atoms with Crippen LogP contribution >= 0.6 is 35.0 Å². The summed E-state index contributed by atoms with van der Waals surface area (Å²) < 4.78 is 5.60. The summed E-state index contributed by atoms with van der Waals surface area (Å²) in [6.07, 6.45) is -0.370. The molecule has 1 aromatic rings. The summed E-state index contributed by atoms with van der Waals surface area (Å²) in [4.78, 5) is 16.3. The fourth-order valence-electron chi connectivity index (χ4n) is 2.97. The average molecular weight is 363 g/mol. The van der Waals surface area contributed by atoms with Crippen LogP contribution in [0.4, 0.5) is 4.79 Å². The van der Waals surface area contributed by atoms with Crippen LogP contribution in [0.3, 0.4) is 0 Å². The highest BCUT2D eigenvalue weighted by molar-refractivity contribution is 8.00. The second kappa shape index (κ2) is 6.48. The Hall–Kier alpha value is -0.620. The number of thioether (sulfide) groups is 1. The van der Waals surface area contributed by atoms with Crippen LogP contribution in [0.1, 0.15) is 20.8 Å². The van der Waals surface area contributed by atoms with Gasteiger partial charge in [0.1, 0.15) is 4.87 Å². The standard InChI is InChI=1S/C15H20Cl2N2O2S/c1-9(2)19-14(20)18(4)13(21-5)15(19,3)22-12-7-10(16)6-11(17)8-12/h6-9,13H,1-5H3. The first kappa shape index (κ1) is 17.7. The SMILES string of the molecule is COC1N(C)C(=O)N(C(C)C)C1(C)Sc1cc(Cl)cc(Cl)c1. The number of ether oxygens (including phenoxy) is 1. The molecule has 1 aliphatic rings. The van der Waals surface area contributed by atoms with Gasteiger partial charge in [-0.15, -0.1) is 0 Å². The Morgan fingerprint density at radius 3 is 2.27 bits per heavy atom. The molecule has 0 bridgehead atoms. The maximum Gasteiger partial charge on any atom is 0.323 e. The molecule has 22 heavy (non-hydrogen) atoms. The van der Waals surface area contributed by atoms with Crippen molar-refractivity contribution >= 4 is 41.0 Å². The van der Waals surface area contributed by atoms with Gasteiger partial charge in [-0.2, -0.15) is 0 Å². The zero-order valence-corrected chi connectivity index (χ0v) is 15.6. The topological polar surface area (TPSA) is 32.8 Å². The van der Waals surface area contributed by atoms with Crippen molar-refractivity contribution in [3.05, 3.63) is 28.2 Å². The third-order valence-corrected chi connectivity index (χ3v) is 5.42. The molecule has 1 aromatic carbocycles. The molecule has 1 fully saturated rings. The van der Waals surface area contributed by atoms with E-state index >= 15 is 0 Å². The summed E-state index contributed by atoms with van der Waals surface area (Å²) >= 11 is 13.7. The fourth-order valence-corrected chi connectivity index (χ4v) is 5.22. The summed E-state index contributed by atoms with van der Waals surface area (Å²) in [5.74, 6) is 0. The van der Waals surface area contributed by atoms with E-state index in [1.165, 1.54) is 11.8 Å². The minimum Gasteiger partial charge on any atom is -0.358 e. The van der Waals surface area contributed by atoms with Gasteiger partial charge in [0.15, 0.2) is 6.23 Å². The summed E-state index contributed by atoms with van der Waals surface area (Å²) in [6, 6.07) is 5.37. The molecule has 2 amide bonds. The van der Waals surface area contributed by atoms with E-state index in [0.29, 0.717) is 10.0 Å². The molecule has 0 N–H and O–H groups in total. The van der Waals surface area contributed by atoms with Crippen LogP contribution in [0.15, 0.2) is 23.1 Å². The molecule has 2 unspecified atom stereocenters. The molecule has 0 spiro atoms. The van der Waals surface area contributed by atoms with Crippen molar-refractivity contribution in [3.63, 3.8) is 0 Å². The molecule has 1 aliphatic heterocycles. The van der Waals surface area contributed by atoms with Crippen LogP contribution in [0, 0.1) is 0 Å². The first-order valence-corrected chi connectivity index (χ1v) is 8.52. The second-order valence-electron chi connectivity index (χ2n) is 5.71. The van der Waals surface area contributed by atoms with E-state index < -0.39 is 4.87 Å². The number of nitrogens with zero attached hydrogens (tertiary/aromatic N) is 2. The van der Waals surface area contributed by atoms with Crippen LogP contribution in [-0.2, 0) is 4.74 Å². The van der Waals surface area contributed by atoms with E-state index in [1.54, 1.807) is 25.1 Å². The number of likely N-dealkylation sites (N-methyl/N-ethyl adjacent to an activating group) is 1. The number of halogens is 2. The minimum atomic E-state index is -0.581. The lowest BCUT2D eigenvalue weighted by atomic mass is 10.2. The average Bonchev–Trinajstić information content (AvgIpc) is 2.54. The van der Waals surface area contributed by atoms with Crippen molar-refractivity contribution in [3.8, 4) is 0 Å². The van der Waals surface area contributed by atoms with Gasteiger partial charge >= 0.3 is 6.03 Å². The highest BCUT2D eigenvalue weighted by Crippen LogP contribution is 2.46. The zero-order valence-electron chi connectivity index (χ0n) is 13.3. The molecule has 122 valence electrons. The van der Waals surface area contributed by atoms with E-state index in [2.05, 4.69) is 0 Å². The van der Waals surface area contributed by atoms with Crippen molar-refractivity contribution in [2.24, 2.45) is 0 Å². The lowest BCUT2D eigenvalue weighted by molar-refractivity contribution is -0.00814. The third kappa shape index (κ3) is 3.04. The monoisotopic (exact) mass is 362 g/mol. The molecule has 1 heterocycles. The fraction of sp³-hybridized carbons (Fsp3) is 0.533. The van der Waals surface area contributed by atoms with E-state index in [9.17, 15) is 4.79 Å². The quantitative estimate of drug-likeness (QED) is 0.787. The van der Waals surface area contributed by atoms with E-state index in [1.807, 2.05) is 37.8 Å². The van der Waals surface area contributed by atoms with Gasteiger partial charge in [-0.1, -0.05) is 35.0 Å². The van der Waals surface area contributed by atoms with Gasteiger partial charge in [-0.3, -0.25) is 4.90 Å². The summed E-state index contributed by atoms with van der Waals surface area (Å²) in [6.45, 7) is 5.99. The molecule has 0 radical (unpaired) electrons. The van der Waals surface area contributed by atoms with Gasteiger partial charge in [0.05, 0.1) is 0 Å². The number of carbonyl (C=O) groups is 1. The van der Waals surface area contributed by atoms with Crippen LogP contribution in [-0.4, -0.2) is 47.1 Å². The van der Waals surface area contributed by atoms with Crippen molar-refractivity contribution in [2.75, 3.05) is 14.2 Å². The summed E-state index contributed by atoms with van der Waals surface area (Å²) in [5.41, 5.74) is 0. The number of carbonyl (C=O) groups excluding carboxylic acids is 1. The van der Waals surface area contributed by atoms with Gasteiger partial charge in [0.25, 0.3) is 0 Å². The van der Waals surface area contributed by atoms with Gasteiger partial charge in [0.2, 0.25) is 0 Å². The largest absolute Gasteiger partial charge is 0.358 e. The molecule has 0 saturated carbocycles. The molecule has 1 saturated heterocycles. The molecule has 4 nitrogen and oxygen atoms in total. The van der Waals surface area contributed by atoms with Crippen molar-refractivity contribution in [1.29, 1.82) is 0 Å². The predicted molar refractivity (Wildman–Crippen MR) is 91.7 cm³/mol. The zero-order chi connectivity index (χ0) is 16.7. The van der Waals surface area contributed by atoms with Crippen LogP contribution in [0.25, 0.3) is 0 Å². The number of hydrogen-bond donors (Lipinski definition) is 0. The Bertz CT molecular complexity index is 564. The van der Waals surface area contributed by atoms with Crippen molar-refractivity contribution in [2.45, 2.75) is 42.8 Å². The van der Waals surface area contributed by atoms with Crippen molar-refractivity contribution < 1.29 is 9.53 Å². The Labute approximate surface area is 145 Å². The molecule has 0 aliphatic carbocycles. The van der Waals surface area contributed by atoms with Gasteiger partial charge < -0.3 is 9.64 Å². The van der Waals surface area contributed by atoms with E-state index in [-0.39, 0.29) is 18.3 Å². The molecule has 2 atom stereocenters. The Kier molecular flexibility index (Phi) is 5.22. The molecule has 7 heteroatoms. The number of urea groups is 1. The predicted octanol–water partition coefficient (Wildman–Crippen LogP) is 4.55. The number of benzene rings is 1. The maximum atomic E-state index is 12.6. The Morgan fingerprint density at radius 1 is 1.27 bits per heavy atom. The first-order chi connectivity index (χ1) is 10.2. The number of methoxy groups -OCH3 is 1. The summed E-state index contributed by atoms with van der Waals surface area (Å²) in [5, 5.41) is 1.14. The van der Waals surface area contributed by atoms with E-state index in [4.69, 9.17) is 27.9 Å². The highest BCUT2D eigenvalue weighted by atomic mass is 35.5. The number of amides is 2. The van der Waals surface area contributed by atoms with Gasteiger partial charge in [0, 0.05) is 35.1 Å². The molecule has 0 aromatic heterocycles. The Balaban J connectivity index is 2.44. The third-order valence-electron chi connectivity index (χ3n) is 3.70. The number of hydrogen-bond acceptors (Lipinski definition) is 3. The van der Waals surface area contributed by atoms with Crippen LogP contribution < -0.4 is 0 Å². The van der Waals surface area contributed by atoms with Crippen molar-refractivity contribution in [1.82, 2.24) is 9.80 Å². The Morgan fingerprint density at radius 2 is 1.82 bits per heavy atom. The minimum absolute atomic E-state index is 0.0438. The van der Waals surface area contributed by atoms with Crippen LogP contribution in [0.2, 0.25) is 10.0 Å². The smallest absolute Gasteiger partial charge is 0.323 e. The van der Waals surface area contributed by atoms with Crippen LogP contribution in [0.5, 0.6) is 0 Å². The second-order valence-corrected chi connectivity index (χ2v) is 8.08. The number of rotatable bonds is 4. The van der Waals surface area contributed by atoms with Gasteiger partial charge in [-0.05, 0) is 39.0 Å². The normalized spacial score (nSPS) is 25.5. The van der Waals surface area contributed by atoms with Gasteiger partial charge in [-0.25, -0.2) is 4.79 Å². The lowest BCUT2D eigenvalue weighted by Crippen LogP contribution is -2.50. The molecular formula is C15H20Cl2N2O2S. The first-order valence-electron chi connectivity index (χ1n) is 6.94. The molecular weight excluding hydrogens is 343 g/mol. The summed E-state index contributed by atoms with van der Waals surface area (Å²) in [7, 11) is 3.37. The molecule has 2 rings (SSSR count). The highest BCUT2D eigenvalue weighted by Gasteiger charge is 2.55.